The van der Waals surface area contributed by atoms with Crippen molar-refractivity contribution in [2.24, 2.45) is 0 Å². The van der Waals surface area contributed by atoms with Gasteiger partial charge < -0.3 is 20.5 Å². The Kier molecular flexibility index (Phi) is 5.29. The Balaban J connectivity index is 2.57. The molecule has 0 aliphatic rings. The summed E-state index contributed by atoms with van der Waals surface area (Å²) in [5, 5.41) is 2.74. The van der Waals surface area contributed by atoms with Crippen molar-refractivity contribution in [2.75, 3.05) is 32.6 Å². The van der Waals surface area contributed by atoms with E-state index in [1.807, 2.05) is 6.92 Å². The van der Waals surface area contributed by atoms with E-state index in [4.69, 9.17) is 15.2 Å². The standard InChI is InChI=1S/C12H18N2O3/c1-3-17-7-6-14-12(15)9-4-5-10(13)11(8-9)16-2/h4-5,8H,3,6-7,13H2,1-2H3,(H,14,15). The molecule has 5 heteroatoms. The summed E-state index contributed by atoms with van der Waals surface area (Å²) in [5.74, 6) is 0.338. The number of hydrogen-bond acceptors (Lipinski definition) is 4. The molecule has 0 spiro atoms. The molecule has 0 atom stereocenters. The molecule has 17 heavy (non-hydrogen) atoms. The second kappa shape index (κ2) is 6.75. The lowest BCUT2D eigenvalue weighted by Crippen LogP contribution is -2.27. The normalized spacial score (nSPS) is 10.0. The van der Waals surface area contributed by atoms with Gasteiger partial charge in [-0.2, -0.15) is 0 Å². The van der Waals surface area contributed by atoms with Crippen LogP contribution in [0.3, 0.4) is 0 Å². The third-order valence-electron chi connectivity index (χ3n) is 2.23. The third-order valence-corrected chi connectivity index (χ3v) is 2.23. The van der Waals surface area contributed by atoms with Crippen LogP contribution in [0.2, 0.25) is 0 Å². The Labute approximate surface area is 101 Å². The highest BCUT2D eigenvalue weighted by Crippen LogP contribution is 2.21. The van der Waals surface area contributed by atoms with Crippen LogP contribution >= 0.6 is 0 Å². The van der Waals surface area contributed by atoms with Crippen LogP contribution in [0.4, 0.5) is 5.69 Å². The number of carbonyl (C=O) groups excluding carboxylic acids is 1. The summed E-state index contributed by atoms with van der Waals surface area (Å²) in [7, 11) is 1.52. The molecule has 1 amide bonds. The number of ether oxygens (including phenoxy) is 2. The first-order chi connectivity index (χ1) is 8.19. The Morgan fingerprint density at radius 3 is 2.88 bits per heavy atom. The summed E-state index contributed by atoms with van der Waals surface area (Å²) in [6.45, 7) is 3.55. The molecule has 0 saturated heterocycles. The van der Waals surface area contributed by atoms with Gasteiger partial charge in [0.1, 0.15) is 5.75 Å². The van der Waals surface area contributed by atoms with Crippen molar-refractivity contribution in [1.82, 2.24) is 5.32 Å². The van der Waals surface area contributed by atoms with E-state index in [0.29, 0.717) is 36.8 Å². The molecule has 94 valence electrons. The highest BCUT2D eigenvalue weighted by atomic mass is 16.5. The van der Waals surface area contributed by atoms with E-state index in [0.717, 1.165) is 0 Å². The van der Waals surface area contributed by atoms with Crippen molar-refractivity contribution in [1.29, 1.82) is 0 Å². The molecular weight excluding hydrogens is 220 g/mol. The average Bonchev–Trinajstić information content (AvgIpc) is 2.35. The zero-order valence-corrected chi connectivity index (χ0v) is 10.2. The fourth-order valence-electron chi connectivity index (χ4n) is 1.34. The summed E-state index contributed by atoms with van der Waals surface area (Å²) in [6.07, 6.45) is 0. The van der Waals surface area contributed by atoms with Gasteiger partial charge in [-0.3, -0.25) is 4.79 Å². The van der Waals surface area contributed by atoms with E-state index in [-0.39, 0.29) is 5.91 Å². The summed E-state index contributed by atoms with van der Waals surface area (Å²) >= 11 is 0. The minimum atomic E-state index is -0.164. The summed E-state index contributed by atoms with van der Waals surface area (Å²) < 4.78 is 10.2. The molecule has 3 N–H and O–H groups in total. The molecule has 1 aromatic rings. The minimum absolute atomic E-state index is 0.164. The van der Waals surface area contributed by atoms with E-state index in [1.165, 1.54) is 7.11 Å². The van der Waals surface area contributed by atoms with Gasteiger partial charge in [0, 0.05) is 18.7 Å². The van der Waals surface area contributed by atoms with Gasteiger partial charge in [-0.25, -0.2) is 0 Å². The van der Waals surface area contributed by atoms with Crippen LogP contribution in [0.1, 0.15) is 17.3 Å². The molecule has 1 aromatic carbocycles. The van der Waals surface area contributed by atoms with Crippen LogP contribution in [0.5, 0.6) is 5.75 Å². The number of rotatable bonds is 6. The van der Waals surface area contributed by atoms with Crippen molar-refractivity contribution in [2.45, 2.75) is 6.92 Å². The molecule has 0 unspecified atom stereocenters. The van der Waals surface area contributed by atoms with Gasteiger partial charge in [0.25, 0.3) is 5.91 Å². The van der Waals surface area contributed by atoms with Crippen molar-refractivity contribution >= 4 is 11.6 Å². The molecule has 0 bridgehead atoms. The molecule has 0 saturated carbocycles. The molecule has 0 aliphatic heterocycles. The number of anilines is 1. The molecule has 0 heterocycles. The van der Waals surface area contributed by atoms with Crippen LogP contribution < -0.4 is 15.8 Å². The van der Waals surface area contributed by atoms with E-state index in [9.17, 15) is 4.79 Å². The SMILES string of the molecule is CCOCCNC(=O)c1ccc(N)c(OC)c1. The number of methoxy groups -OCH3 is 1. The number of benzene rings is 1. The highest BCUT2D eigenvalue weighted by molar-refractivity contribution is 5.95. The third kappa shape index (κ3) is 3.96. The van der Waals surface area contributed by atoms with Crippen molar-refractivity contribution in [3.63, 3.8) is 0 Å². The second-order valence-electron chi connectivity index (χ2n) is 3.41. The predicted molar refractivity (Wildman–Crippen MR) is 66.2 cm³/mol. The lowest BCUT2D eigenvalue weighted by Gasteiger charge is -2.08. The number of nitrogens with two attached hydrogens (primary N) is 1. The topological polar surface area (TPSA) is 73.6 Å². The number of nitrogens with one attached hydrogen (secondary N) is 1. The first-order valence-electron chi connectivity index (χ1n) is 5.48. The maximum Gasteiger partial charge on any atom is 0.251 e. The zero-order valence-electron chi connectivity index (χ0n) is 10.2. The maximum atomic E-state index is 11.7. The Bertz CT molecular complexity index is 380. The first-order valence-corrected chi connectivity index (χ1v) is 5.48. The maximum absolute atomic E-state index is 11.7. The Morgan fingerprint density at radius 2 is 2.24 bits per heavy atom. The fraction of sp³-hybridized carbons (Fsp3) is 0.417. The van der Waals surface area contributed by atoms with Gasteiger partial charge in [-0.15, -0.1) is 0 Å². The van der Waals surface area contributed by atoms with E-state index in [2.05, 4.69) is 5.32 Å². The number of nitrogen functional groups attached to an aromatic ring is 1. The number of hydrogen-bond donors (Lipinski definition) is 2. The average molecular weight is 238 g/mol. The van der Waals surface area contributed by atoms with Gasteiger partial charge in [0.2, 0.25) is 0 Å². The van der Waals surface area contributed by atoms with Crippen LogP contribution in [0, 0.1) is 0 Å². The van der Waals surface area contributed by atoms with Gasteiger partial charge in [-0.1, -0.05) is 0 Å². The highest BCUT2D eigenvalue weighted by Gasteiger charge is 2.07. The van der Waals surface area contributed by atoms with Crippen molar-refractivity contribution in [3.8, 4) is 5.75 Å². The lowest BCUT2D eigenvalue weighted by atomic mass is 10.2. The molecule has 0 fully saturated rings. The monoisotopic (exact) mass is 238 g/mol. The lowest BCUT2D eigenvalue weighted by molar-refractivity contribution is 0.0922. The van der Waals surface area contributed by atoms with Gasteiger partial charge in [-0.05, 0) is 25.1 Å². The minimum Gasteiger partial charge on any atom is -0.495 e. The molecule has 5 nitrogen and oxygen atoms in total. The zero-order chi connectivity index (χ0) is 12.7. The van der Waals surface area contributed by atoms with Crippen LogP contribution in [0.15, 0.2) is 18.2 Å². The smallest absolute Gasteiger partial charge is 0.251 e. The largest absolute Gasteiger partial charge is 0.495 e. The van der Waals surface area contributed by atoms with Gasteiger partial charge >= 0.3 is 0 Å². The van der Waals surface area contributed by atoms with Crippen molar-refractivity contribution in [3.05, 3.63) is 23.8 Å². The van der Waals surface area contributed by atoms with Crippen molar-refractivity contribution < 1.29 is 14.3 Å². The molecule has 0 radical (unpaired) electrons. The summed E-state index contributed by atoms with van der Waals surface area (Å²) in [5.41, 5.74) is 6.70. The van der Waals surface area contributed by atoms with Crippen LogP contribution in [-0.2, 0) is 4.74 Å². The number of amides is 1. The molecule has 0 aromatic heterocycles. The van der Waals surface area contributed by atoms with E-state index < -0.39 is 0 Å². The number of carbonyl (C=O) groups is 1. The predicted octanol–water partition coefficient (Wildman–Crippen LogP) is 1.04. The Morgan fingerprint density at radius 1 is 1.47 bits per heavy atom. The molecule has 1 rings (SSSR count). The first kappa shape index (κ1) is 13.3. The van der Waals surface area contributed by atoms with E-state index >= 15 is 0 Å². The second-order valence-corrected chi connectivity index (χ2v) is 3.41. The molecular formula is C12H18N2O3. The fourth-order valence-corrected chi connectivity index (χ4v) is 1.34. The van der Waals surface area contributed by atoms with E-state index in [1.54, 1.807) is 18.2 Å². The van der Waals surface area contributed by atoms with Gasteiger partial charge in [0.05, 0.1) is 19.4 Å². The van der Waals surface area contributed by atoms with Crippen LogP contribution in [-0.4, -0.2) is 32.8 Å². The summed E-state index contributed by atoms with van der Waals surface area (Å²) in [6, 6.07) is 4.93. The van der Waals surface area contributed by atoms with Gasteiger partial charge in [0.15, 0.2) is 0 Å². The summed E-state index contributed by atoms with van der Waals surface area (Å²) in [4.78, 5) is 11.7. The molecule has 0 aliphatic carbocycles. The Hall–Kier alpha value is -1.75. The quantitative estimate of drug-likeness (QED) is 0.573. The van der Waals surface area contributed by atoms with Crippen LogP contribution in [0.25, 0.3) is 0 Å².